The van der Waals surface area contributed by atoms with Gasteiger partial charge in [-0.15, -0.1) is 11.8 Å². The van der Waals surface area contributed by atoms with Crippen molar-refractivity contribution in [2.45, 2.75) is 24.8 Å². The number of hydrogen-bond donors (Lipinski definition) is 2. The Labute approximate surface area is 115 Å². The van der Waals surface area contributed by atoms with Crippen LogP contribution in [-0.4, -0.2) is 57.2 Å². The molecule has 0 bridgehead atoms. The molecule has 3 unspecified atom stereocenters. The number of amides is 2. The van der Waals surface area contributed by atoms with E-state index in [0.717, 1.165) is 17.9 Å². The molecule has 2 aliphatic heterocycles. The number of aliphatic carboxylic acids is 1. The van der Waals surface area contributed by atoms with Gasteiger partial charge in [0.2, 0.25) is 0 Å². The molecule has 2 rings (SSSR count). The van der Waals surface area contributed by atoms with Crippen LogP contribution in [0, 0.1) is 5.92 Å². The highest BCUT2D eigenvalue weighted by Gasteiger charge is 2.39. The Kier molecular flexibility index (Phi) is 4.66. The Hall–Kier alpha value is -0.560. The predicted octanol–water partition coefficient (Wildman–Crippen LogP) is 1.30. The van der Waals surface area contributed by atoms with E-state index in [1.165, 1.54) is 16.7 Å². The van der Waals surface area contributed by atoms with Crippen LogP contribution in [0.4, 0.5) is 4.79 Å². The summed E-state index contributed by atoms with van der Waals surface area (Å²) in [6.07, 6.45) is 1.14. The number of rotatable bonds is 3. The van der Waals surface area contributed by atoms with Crippen molar-refractivity contribution in [2.75, 3.05) is 23.8 Å². The smallest absolute Gasteiger partial charge is 0.327 e. The number of carboxylic acids is 1. The van der Waals surface area contributed by atoms with Crippen LogP contribution in [0.2, 0.25) is 0 Å². The summed E-state index contributed by atoms with van der Waals surface area (Å²) in [7, 11) is 0. The zero-order valence-electron chi connectivity index (χ0n) is 10.3. The maximum Gasteiger partial charge on any atom is 0.327 e. The third-order valence-electron chi connectivity index (χ3n) is 3.31. The fourth-order valence-corrected chi connectivity index (χ4v) is 4.66. The Balaban J connectivity index is 1.87. The van der Waals surface area contributed by atoms with Gasteiger partial charge in [0.25, 0.3) is 0 Å². The molecule has 2 amide bonds. The normalized spacial score (nSPS) is 31.6. The maximum atomic E-state index is 12.1. The topological polar surface area (TPSA) is 69.6 Å². The lowest BCUT2D eigenvalue weighted by Gasteiger charge is -2.25. The maximum absolute atomic E-state index is 12.1. The van der Waals surface area contributed by atoms with Gasteiger partial charge in [0.05, 0.1) is 5.37 Å². The first-order valence-electron chi connectivity index (χ1n) is 6.08. The molecule has 2 N–H and O–H groups in total. The SMILES string of the molecule is CC1SCC(C(=O)O)N1C(=O)NCC1CCSC1. The highest BCUT2D eigenvalue weighted by molar-refractivity contribution is 8.00. The summed E-state index contributed by atoms with van der Waals surface area (Å²) < 4.78 is 0. The number of carbonyl (C=O) groups is 2. The second-order valence-electron chi connectivity index (χ2n) is 4.61. The summed E-state index contributed by atoms with van der Waals surface area (Å²) in [4.78, 5) is 24.6. The molecule has 0 radical (unpaired) electrons. The molecule has 3 atom stereocenters. The quantitative estimate of drug-likeness (QED) is 0.820. The summed E-state index contributed by atoms with van der Waals surface area (Å²) in [5, 5.41) is 11.9. The molecule has 2 fully saturated rings. The third kappa shape index (κ3) is 3.06. The van der Waals surface area contributed by atoms with Gasteiger partial charge in [0.1, 0.15) is 6.04 Å². The lowest BCUT2D eigenvalue weighted by molar-refractivity contribution is -0.141. The van der Waals surface area contributed by atoms with E-state index in [0.29, 0.717) is 18.2 Å². The zero-order valence-corrected chi connectivity index (χ0v) is 11.9. The molecule has 102 valence electrons. The molecule has 2 saturated heterocycles. The Morgan fingerprint density at radius 3 is 2.83 bits per heavy atom. The van der Waals surface area contributed by atoms with Crippen molar-refractivity contribution < 1.29 is 14.7 Å². The molecule has 0 aromatic rings. The van der Waals surface area contributed by atoms with Gasteiger partial charge in [0, 0.05) is 12.3 Å². The van der Waals surface area contributed by atoms with Gasteiger partial charge >= 0.3 is 12.0 Å². The number of nitrogens with zero attached hydrogens (tertiary/aromatic N) is 1. The minimum Gasteiger partial charge on any atom is -0.480 e. The van der Waals surface area contributed by atoms with Gasteiger partial charge in [-0.3, -0.25) is 4.90 Å². The van der Waals surface area contributed by atoms with Crippen molar-refractivity contribution in [1.82, 2.24) is 10.2 Å². The average molecular weight is 290 g/mol. The number of nitrogens with one attached hydrogen (secondary N) is 1. The number of carboxylic acid groups (broad SMARTS) is 1. The zero-order chi connectivity index (χ0) is 13.1. The van der Waals surface area contributed by atoms with Crippen LogP contribution in [0.25, 0.3) is 0 Å². The fraction of sp³-hybridized carbons (Fsp3) is 0.818. The van der Waals surface area contributed by atoms with Crippen molar-refractivity contribution in [3.63, 3.8) is 0 Å². The van der Waals surface area contributed by atoms with Crippen LogP contribution in [0.1, 0.15) is 13.3 Å². The van der Waals surface area contributed by atoms with E-state index >= 15 is 0 Å². The molecule has 18 heavy (non-hydrogen) atoms. The van der Waals surface area contributed by atoms with Gasteiger partial charge in [-0.1, -0.05) is 0 Å². The number of carbonyl (C=O) groups excluding carboxylic acids is 1. The second kappa shape index (κ2) is 6.06. The van der Waals surface area contributed by atoms with E-state index in [9.17, 15) is 9.59 Å². The molecule has 5 nitrogen and oxygen atoms in total. The van der Waals surface area contributed by atoms with Crippen LogP contribution in [0.3, 0.4) is 0 Å². The molecule has 0 spiro atoms. The molecule has 2 aliphatic rings. The predicted molar refractivity (Wildman–Crippen MR) is 74.0 cm³/mol. The van der Waals surface area contributed by atoms with Gasteiger partial charge in [-0.2, -0.15) is 11.8 Å². The minimum absolute atomic E-state index is 0.0657. The fourth-order valence-electron chi connectivity index (χ4n) is 2.21. The van der Waals surface area contributed by atoms with Crippen molar-refractivity contribution in [3.8, 4) is 0 Å². The highest BCUT2D eigenvalue weighted by atomic mass is 32.2. The molecule has 0 aromatic heterocycles. The number of thioether (sulfide) groups is 2. The van der Waals surface area contributed by atoms with E-state index < -0.39 is 12.0 Å². The summed E-state index contributed by atoms with van der Waals surface area (Å²) in [6, 6.07) is -0.931. The van der Waals surface area contributed by atoms with Crippen LogP contribution in [0.15, 0.2) is 0 Å². The lowest BCUT2D eigenvalue weighted by atomic mass is 10.1. The Morgan fingerprint density at radius 1 is 1.44 bits per heavy atom. The van der Waals surface area contributed by atoms with Crippen molar-refractivity contribution in [2.24, 2.45) is 5.92 Å². The monoisotopic (exact) mass is 290 g/mol. The highest BCUT2D eigenvalue weighted by Crippen LogP contribution is 2.29. The Morgan fingerprint density at radius 2 is 2.22 bits per heavy atom. The van der Waals surface area contributed by atoms with Crippen molar-refractivity contribution >= 4 is 35.5 Å². The molecule has 7 heteroatoms. The summed E-state index contributed by atoms with van der Waals surface area (Å²) in [5.41, 5.74) is 0. The number of urea groups is 1. The van der Waals surface area contributed by atoms with Gasteiger partial charge in [0.15, 0.2) is 0 Å². The largest absolute Gasteiger partial charge is 0.480 e. The van der Waals surface area contributed by atoms with Crippen LogP contribution in [0.5, 0.6) is 0 Å². The summed E-state index contributed by atoms with van der Waals surface area (Å²) in [6.45, 7) is 2.53. The molecule has 0 aromatic carbocycles. The van der Waals surface area contributed by atoms with Gasteiger partial charge < -0.3 is 10.4 Å². The molecule has 2 heterocycles. The van der Waals surface area contributed by atoms with Crippen LogP contribution in [-0.2, 0) is 4.79 Å². The van der Waals surface area contributed by atoms with Gasteiger partial charge in [-0.25, -0.2) is 9.59 Å². The van der Waals surface area contributed by atoms with E-state index in [-0.39, 0.29) is 11.4 Å². The number of hydrogen-bond acceptors (Lipinski definition) is 4. The van der Waals surface area contributed by atoms with E-state index in [1.807, 2.05) is 18.7 Å². The first-order chi connectivity index (χ1) is 8.59. The molecule has 0 aliphatic carbocycles. The molecular weight excluding hydrogens is 272 g/mol. The van der Waals surface area contributed by atoms with Crippen LogP contribution >= 0.6 is 23.5 Å². The summed E-state index contributed by atoms with van der Waals surface area (Å²) >= 11 is 3.42. The Bertz CT molecular complexity index is 334. The lowest BCUT2D eigenvalue weighted by Crippen LogP contribution is -2.50. The first-order valence-corrected chi connectivity index (χ1v) is 8.28. The van der Waals surface area contributed by atoms with Crippen molar-refractivity contribution in [1.29, 1.82) is 0 Å². The van der Waals surface area contributed by atoms with Crippen LogP contribution < -0.4 is 5.32 Å². The summed E-state index contributed by atoms with van der Waals surface area (Å²) in [5.74, 6) is 2.34. The van der Waals surface area contributed by atoms with E-state index in [2.05, 4.69) is 5.32 Å². The van der Waals surface area contributed by atoms with E-state index in [1.54, 1.807) is 0 Å². The third-order valence-corrected chi connectivity index (χ3v) is 5.76. The standard InChI is InChI=1S/C11H18N2O3S2/c1-7-13(9(6-18-7)10(14)15)11(16)12-4-8-2-3-17-5-8/h7-9H,2-6H2,1H3,(H,12,16)(H,14,15). The molecular formula is C11H18N2O3S2. The van der Waals surface area contributed by atoms with Crippen molar-refractivity contribution in [3.05, 3.63) is 0 Å². The molecule has 0 saturated carbocycles. The van der Waals surface area contributed by atoms with E-state index in [4.69, 9.17) is 5.11 Å². The average Bonchev–Trinajstić information content (AvgIpc) is 2.94. The second-order valence-corrected chi connectivity index (χ2v) is 7.11. The van der Waals surface area contributed by atoms with Gasteiger partial charge in [-0.05, 0) is 30.8 Å². The minimum atomic E-state index is -0.918. The first kappa shape index (κ1) is 13.9.